The lowest BCUT2D eigenvalue weighted by atomic mass is 10.1. The highest BCUT2D eigenvalue weighted by Crippen LogP contribution is 2.18. The number of azide groups is 2. The number of rotatable bonds is 3. The monoisotopic (exact) mass is 198 g/mol. The molecule has 0 heterocycles. The van der Waals surface area contributed by atoms with E-state index in [0.717, 1.165) is 0 Å². The van der Waals surface area contributed by atoms with Crippen LogP contribution in [0.2, 0.25) is 0 Å². The van der Waals surface area contributed by atoms with Crippen LogP contribution < -0.4 is 0 Å². The fourth-order valence-corrected chi connectivity index (χ4v) is 1.07. The Bertz CT molecular complexity index is 500. The zero-order valence-electron chi connectivity index (χ0n) is 7.70. The molecule has 0 bridgehead atoms. The van der Waals surface area contributed by atoms with E-state index >= 15 is 0 Å². The van der Waals surface area contributed by atoms with E-state index in [9.17, 15) is 0 Å². The molecule has 0 saturated carbocycles. The van der Waals surface area contributed by atoms with Gasteiger partial charge in [-0.1, -0.05) is 16.1 Å². The lowest BCUT2D eigenvalue weighted by molar-refractivity contribution is 1.05. The van der Waals surface area contributed by atoms with Crippen molar-refractivity contribution < 1.29 is 0 Å². The van der Waals surface area contributed by atoms with Gasteiger partial charge in [0.2, 0.25) is 0 Å². The second kappa shape index (κ2) is 5.20. The van der Waals surface area contributed by atoms with Gasteiger partial charge in [-0.05, 0) is 34.8 Å². The zero-order chi connectivity index (χ0) is 11.1. The van der Waals surface area contributed by atoms with E-state index in [-0.39, 0.29) is 6.54 Å². The van der Waals surface area contributed by atoms with Gasteiger partial charge in [0.05, 0.1) is 6.54 Å². The lowest BCUT2D eigenvalue weighted by Crippen LogP contribution is -1.82. The molecule has 0 amide bonds. The topological polar surface area (TPSA) is 97.5 Å². The van der Waals surface area contributed by atoms with Gasteiger partial charge in [0.25, 0.3) is 0 Å². The van der Waals surface area contributed by atoms with Crippen LogP contribution in [-0.2, 0) is 6.54 Å². The summed E-state index contributed by atoms with van der Waals surface area (Å²) in [6.07, 6.45) is 5.22. The number of terminal acetylenes is 1. The van der Waals surface area contributed by atoms with Crippen molar-refractivity contribution in [2.24, 2.45) is 10.2 Å². The highest BCUT2D eigenvalue weighted by atomic mass is 15.1. The molecule has 0 N–H and O–H groups in total. The molecule has 0 aromatic heterocycles. The zero-order valence-corrected chi connectivity index (χ0v) is 7.70. The Morgan fingerprint density at radius 2 is 2.07 bits per heavy atom. The minimum Gasteiger partial charge on any atom is -0.115 e. The first-order chi connectivity index (χ1) is 7.30. The Balaban J connectivity index is 3.17. The molecule has 0 aliphatic carbocycles. The van der Waals surface area contributed by atoms with Crippen LogP contribution in [0.3, 0.4) is 0 Å². The predicted octanol–water partition coefficient (Wildman–Crippen LogP) is 3.42. The molecule has 0 fully saturated rings. The third kappa shape index (κ3) is 2.98. The van der Waals surface area contributed by atoms with Crippen LogP contribution in [0.1, 0.15) is 11.1 Å². The minimum absolute atomic E-state index is 0.181. The van der Waals surface area contributed by atoms with Crippen LogP contribution in [0.5, 0.6) is 0 Å². The molecular formula is C9H6N6. The predicted molar refractivity (Wildman–Crippen MR) is 56.0 cm³/mol. The van der Waals surface area contributed by atoms with Crippen molar-refractivity contribution in [2.45, 2.75) is 6.54 Å². The van der Waals surface area contributed by atoms with E-state index in [1.807, 2.05) is 0 Å². The van der Waals surface area contributed by atoms with Crippen molar-refractivity contribution in [1.29, 1.82) is 0 Å². The second-order valence-electron chi connectivity index (χ2n) is 2.61. The average molecular weight is 198 g/mol. The second-order valence-corrected chi connectivity index (χ2v) is 2.61. The maximum absolute atomic E-state index is 8.27. The summed E-state index contributed by atoms with van der Waals surface area (Å²) < 4.78 is 0. The summed E-state index contributed by atoms with van der Waals surface area (Å²) in [7, 11) is 0. The summed E-state index contributed by atoms with van der Waals surface area (Å²) in [6, 6.07) is 4.90. The fourth-order valence-electron chi connectivity index (χ4n) is 1.07. The van der Waals surface area contributed by atoms with Crippen molar-refractivity contribution in [3.8, 4) is 12.3 Å². The number of hydrogen-bond donors (Lipinski definition) is 0. The van der Waals surface area contributed by atoms with Crippen molar-refractivity contribution in [1.82, 2.24) is 0 Å². The van der Waals surface area contributed by atoms with Gasteiger partial charge in [0.15, 0.2) is 0 Å². The molecule has 6 nitrogen and oxygen atoms in total. The first kappa shape index (κ1) is 10.5. The Hall–Kier alpha value is -2.60. The normalized spacial score (nSPS) is 8.20. The molecule has 0 saturated heterocycles. The van der Waals surface area contributed by atoms with E-state index in [0.29, 0.717) is 16.8 Å². The van der Waals surface area contributed by atoms with Crippen LogP contribution in [0, 0.1) is 12.3 Å². The quantitative estimate of drug-likeness (QED) is 0.307. The minimum atomic E-state index is 0.181. The molecule has 1 rings (SSSR count). The lowest BCUT2D eigenvalue weighted by Gasteiger charge is -1.99. The van der Waals surface area contributed by atoms with E-state index in [1.165, 1.54) is 0 Å². The van der Waals surface area contributed by atoms with Gasteiger partial charge in [0, 0.05) is 21.1 Å². The Morgan fingerprint density at radius 3 is 2.67 bits per heavy atom. The Morgan fingerprint density at radius 1 is 1.27 bits per heavy atom. The summed E-state index contributed by atoms with van der Waals surface area (Å²) in [4.78, 5) is 5.29. The van der Waals surface area contributed by atoms with Gasteiger partial charge >= 0.3 is 0 Å². The molecule has 6 heteroatoms. The largest absolute Gasteiger partial charge is 0.115 e. The summed E-state index contributed by atoms with van der Waals surface area (Å²) in [5, 5.41) is 6.83. The number of hydrogen-bond acceptors (Lipinski definition) is 2. The molecule has 1 aromatic carbocycles. The van der Waals surface area contributed by atoms with Gasteiger partial charge in [0.1, 0.15) is 0 Å². The molecule has 72 valence electrons. The molecule has 0 aliphatic heterocycles. The molecule has 0 spiro atoms. The molecule has 0 atom stereocenters. The van der Waals surface area contributed by atoms with Gasteiger partial charge in [-0.25, -0.2) is 0 Å². The maximum atomic E-state index is 8.27. The van der Waals surface area contributed by atoms with E-state index in [1.54, 1.807) is 18.2 Å². The van der Waals surface area contributed by atoms with Gasteiger partial charge in [-0.3, -0.25) is 0 Å². The number of nitrogens with zero attached hydrogens (tertiary/aromatic N) is 6. The van der Waals surface area contributed by atoms with Gasteiger partial charge in [-0.2, -0.15) is 0 Å². The third-order valence-electron chi connectivity index (χ3n) is 1.62. The average Bonchev–Trinajstić information content (AvgIpc) is 2.26. The molecule has 0 radical (unpaired) electrons. The summed E-state index contributed by atoms with van der Waals surface area (Å²) >= 11 is 0. The highest BCUT2D eigenvalue weighted by Gasteiger charge is 1.97. The van der Waals surface area contributed by atoms with E-state index in [2.05, 4.69) is 26.0 Å². The molecule has 15 heavy (non-hydrogen) atoms. The maximum Gasteiger partial charge on any atom is 0.0511 e. The summed E-state index contributed by atoms with van der Waals surface area (Å²) in [6.45, 7) is 0.181. The van der Waals surface area contributed by atoms with E-state index in [4.69, 9.17) is 17.5 Å². The molecular weight excluding hydrogens is 192 g/mol. The van der Waals surface area contributed by atoms with E-state index < -0.39 is 0 Å². The third-order valence-corrected chi connectivity index (χ3v) is 1.62. The SMILES string of the molecule is C#Cc1cc(CN=[N+]=[N-])cc(N=[N+]=[N-])c1. The highest BCUT2D eigenvalue weighted by molar-refractivity contribution is 5.49. The summed E-state index contributed by atoms with van der Waals surface area (Å²) in [5.74, 6) is 2.42. The first-order valence-corrected chi connectivity index (χ1v) is 3.96. The van der Waals surface area contributed by atoms with Gasteiger partial charge < -0.3 is 0 Å². The molecule has 1 aromatic rings. The smallest absolute Gasteiger partial charge is 0.0511 e. The van der Waals surface area contributed by atoms with Crippen molar-refractivity contribution in [3.63, 3.8) is 0 Å². The van der Waals surface area contributed by atoms with Crippen molar-refractivity contribution >= 4 is 5.69 Å². The van der Waals surface area contributed by atoms with Crippen LogP contribution in [0.25, 0.3) is 20.9 Å². The Kier molecular flexibility index (Phi) is 3.63. The fraction of sp³-hybridized carbons (Fsp3) is 0.111. The van der Waals surface area contributed by atoms with Crippen molar-refractivity contribution in [3.05, 3.63) is 50.2 Å². The van der Waals surface area contributed by atoms with Crippen molar-refractivity contribution in [2.75, 3.05) is 0 Å². The Labute approximate surface area is 85.8 Å². The standard InChI is InChI=1S/C9H6N6/c1-2-7-3-8(6-12-14-10)5-9(4-7)13-15-11/h1,3-5H,6H2. The first-order valence-electron chi connectivity index (χ1n) is 3.96. The van der Waals surface area contributed by atoms with Crippen LogP contribution >= 0.6 is 0 Å². The van der Waals surface area contributed by atoms with Crippen LogP contribution in [0.15, 0.2) is 28.4 Å². The molecule has 0 aliphatic rings. The van der Waals surface area contributed by atoms with Crippen LogP contribution in [-0.4, -0.2) is 0 Å². The van der Waals surface area contributed by atoms with Crippen LogP contribution in [0.4, 0.5) is 5.69 Å². The summed E-state index contributed by atoms with van der Waals surface area (Å²) in [5.41, 5.74) is 18.2. The number of benzene rings is 1. The molecule has 0 unspecified atom stereocenters. The van der Waals surface area contributed by atoms with Gasteiger partial charge in [-0.15, -0.1) is 6.42 Å².